The van der Waals surface area contributed by atoms with Crippen LogP contribution in [-0.2, 0) is 14.8 Å². The first-order valence-corrected chi connectivity index (χ1v) is 7.09. The van der Waals surface area contributed by atoms with Crippen LogP contribution in [0.5, 0.6) is 0 Å². The van der Waals surface area contributed by atoms with Gasteiger partial charge in [0.25, 0.3) is 0 Å². The van der Waals surface area contributed by atoms with E-state index in [2.05, 4.69) is 4.72 Å². The molecule has 0 saturated heterocycles. The van der Waals surface area contributed by atoms with Gasteiger partial charge in [-0.3, -0.25) is 0 Å². The molecule has 0 bridgehead atoms. The zero-order valence-electron chi connectivity index (χ0n) is 10.4. The summed E-state index contributed by atoms with van der Waals surface area (Å²) in [7, 11) is -3.59. The molecule has 98 valence electrons. The monoisotopic (exact) mass is 268 g/mol. The van der Waals surface area contributed by atoms with Crippen molar-refractivity contribution in [3.63, 3.8) is 0 Å². The van der Waals surface area contributed by atoms with E-state index < -0.39 is 10.0 Å². The molecular formula is C12H16N2O3S. The third-order valence-electron chi connectivity index (χ3n) is 2.29. The van der Waals surface area contributed by atoms with Crippen molar-refractivity contribution in [3.05, 3.63) is 29.8 Å². The minimum absolute atomic E-state index is 0.0882. The number of nitrogens with zero attached hydrogens (tertiary/aromatic N) is 1. The van der Waals surface area contributed by atoms with Crippen molar-refractivity contribution in [1.29, 1.82) is 5.26 Å². The molecule has 1 aromatic carbocycles. The summed E-state index contributed by atoms with van der Waals surface area (Å²) in [5.74, 6) is 0. The average Bonchev–Trinajstić information content (AvgIpc) is 2.37. The highest BCUT2D eigenvalue weighted by Crippen LogP contribution is 2.10. The summed E-state index contributed by atoms with van der Waals surface area (Å²) in [6, 6.07) is 7.80. The van der Waals surface area contributed by atoms with Crippen LogP contribution < -0.4 is 4.72 Å². The average molecular weight is 268 g/mol. The Morgan fingerprint density at radius 1 is 1.50 bits per heavy atom. The standard InChI is InChI=1S/C12H16N2O3S/c1-3-17-10(2)9-14-18(15,16)12-6-4-5-11(7-12)8-13/h4-7,10,14H,3,9H2,1-2H3. The molecule has 0 radical (unpaired) electrons. The van der Waals surface area contributed by atoms with E-state index in [-0.39, 0.29) is 17.5 Å². The van der Waals surface area contributed by atoms with E-state index in [0.717, 1.165) is 0 Å². The largest absolute Gasteiger partial charge is 0.377 e. The molecule has 6 heteroatoms. The first kappa shape index (κ1) is 14.6. The van der Waals surface area contributed by atoms with Crippen molar-refractivity contribution in [2.24, 2.45) is 0 Å². The van der Waals surface area contributed by atoms with Gasteiger partial charge in [-0.15, -0.1) is 0 Å². The Morgan fingerprint density at radius 2 is 2.22 bits per heavy atom. The van der Waals surface area contributed by atoms with Crippen LogP contribution in [0.25, 0.3) is 0 Å². The quantitative estimate of drug-likeness (QED) is 0.842. The lowest BCUT2D eigenvalue weighted by Gasteiger charge is -2.13. The Hall–Kier alpha value is -1.42. The van der Waals surface area contributed by atoms with Gasteiger partial charge >= 0.3 is 0 Å². The summed E-state index contributed by atoms with van der Waals surface area (Å²) in [4.78, 5) is 0.0882. The molecule has 1 rings (SSSR count). The lowest BCUT2D eigenvalue weighted by atomic mass is 10.2. The molecule has 18 heavy (non-hydrogen) atoms. The second kappa shape index (κ2) is 6.50. The van der Waals surface area contributed by atoms with Gasteiger partial charge in [-0.2, -0.15) is 5.26 Å². The molecule has 0 fully saturated rings. The van der Waals surface area contributed by atoms with E-state index in [0.29, 0.717) is 12.2 Å². The Labute approximate surface area is 107 Å². The molecule has 0 aliphatic rings. The van der Waals surface area contributed by atoms with Crippen molar-refractivity contribution in [3.8, 4) is 6.07 Å². The van der Waals surface area contributed by atoms with Crippen LogP contribution in [-0.4, -0.2) is 27.7 Å². The second-order valence-corrected chi connectivity index (χ2v) is 5.52. The lowest BCUT2D eigenvalue weighted by molar-refractivity contribution is 0.0799. The van der Waals surface area contributed by atoms with Gasteiger partial charge in [-0.1, -0.05) is 6.07 Å². The van der Waals surface area contributed by atoms with Gasteiger partial charge in [0.1, 0.15) is 0 Å². The number of hydrogen-bond donors (Lipinski definition) is 1. The van der Waals surface area contributed by atoms with Gasteiger partial charge in [0, 0.05) is 13.2 Å². The number of hydrogen-bond acceptors (Lipinski definition) is 4. The van der Waals surface area contributed by atoms with Gasteiger partial charge in [0.15, 0.2) is 0 Å². The third-order valence-corrected chi connectivity index (χ3v) is 3.71. The molecule has 0 aliphatic carbocycles. The number of sulfonamides is 1. The summed E-state index contributed by atoms with van der Waals surface area (Å²) in [5.41, 5.74) is 0.315. The van der Waals surface area contributed by atoms with Crippen molar-refractivity contribution in [2.75, 3.05) is 13.2 Å². The molecule has 0 spiro atoms. The molecule has 0 amide bonds. The SMILES string of the molecule is CCOC(C)CNS(=O)(=O)c1cccc(C#N)c1. The zero-order valence-corrected chi connectivity index (χ0v) is 11.2. The first-order chi connectivity index (χ1) is 8.49. The Bertz CT molecular complexity index is 534. The second-order valence-electron chi connectivity index (χ2n) is 3.76. The van der Waals surface area contributed by atoms with Gasteiger partial charge in [-0.05, 0) is 32.0 Å². The highest BCUT2D eigenvalue weighted by atomic mass is 32.2. The van der Waals surface area contributed by atoms with Gasteiger partial charge < -0.3 is 4.74 Å². The van der Waals surface area contributed by atoms with Crippen molar-refractivity contribution < 1.29 is 13.2 Å². The minimum Gasteiger partial charge on any atom is -0.377 e. The van der Waals surface area contributed by atoms with Crippen LogP contribution in [0, 0.1) is 11.3 Å². The van der Waals surface area contributed by atoms with E-state index in [1.165, 1.54) is 12.1 Å². The minimum atomic E-state index is -3.59. The molecule has 1 aromatic rings. The lowest BCUT2D eigenvalue weighted by Crippen LogP contribution is -2.32. The van der Waals surface area contributed by atoms with Crippen LogP contribution in [0.15, 0.2) is 29.2 Å². The Morgan fingerprint density at radius 3 is 2.83 bits per heavy atom. The number of rotatable bonds is 6. The molecule has 0 aliphatic heterocycles. The highest BCUT2D eigenvalue weighted by Gasteiger charge is 2.15. The van der Waals surface area contributed by atoms with Crippen molar-refractivity contribution in [2.45, 2.75) is 24.8 Å². The smallest absolute Gasteiger partial charge is 0.240 e. The van der Waals surface area contributed by atoms with E-state index in [9.17, 15) is 8.42 Å². The maximum absolute atomic E-state index is 11.9. The van der Waals surface area contributed by atoms with Crippen LogP contribution in [0.4, 0.5) is 0 Å². The Balaban J connectivity index is 2.77. The molecule has 0 saturated carbocycles. The van der Waals surface area contributed by atoms with Gasteiger partial charge in [-0.25, -0.2) is 13.1 Å². The topological polar surface area (TPSA) is 79.2 Å². The van der Waals surface area contributed by atoms with Crippen molar-refractivity contribution in [1.82, 2.24) is 4.72 Å². The molecule has 1 atom stereocenters. The first-order valence-electron chi connectivity index (χ1n) is 5.61. The van der Waals surface area contributed by atoms with E-state index in [1.54, 1.807) is 19.1 Å². The highest BCUT2D eigenvalue weighted by molar-refractivity contribution is 7.89. The summed E-state index contributed by atoms with van der Waals surface area (Å²) in [5, 5.41) is 8.73. The number of ether oxygens (including phenoxy) is 1. The van der Waals surface area contributed by atoms with Crippen LogP contribution in [0.3, 0.4) is 0 Å². The Kier molecular flexibility index (Phi) is 5.28. The van der Waals surface area contributed by atoms with Crippen LogP contribution >= 0.6 is 0 Å². The summed E-state index contributed by atoms with van der Waals surface area (Å²) in [6.07, 6.45) is -0.191. The molecule has 1 N–H and O–H groups in total. The number of nitriles is 1. The fourth-order valence-electron chi connectivity index (χ4n) is 1.39. The predicted molar refractivity (Wildman–Crippen MR) is 67.4 cm³/mol. The maximum Gasteiger partial charge on any atom is 0.240 e. The fourth-order valence-corrected chi connectivity index (χ4v) is 2.55. The maximum atomic E-state index is 11.9. The molecule has 0 heterocycles. The van der Waals surface area contributed by atoms with Gasteiger partial charge in [0.2, 0.25) is 10.0 Å². The fraction of sp³-hybridized carbons (Fsp3) is 0.417. The van der Waals surface area contributed by atoms with Crippen molar-refractivity contribution >= 4 is 10.0 Å². The predicted octanol–water partition coefficient (Wildman–Crippen LogP) is 1.26. The van der Waals surface area contributed by atoms with E-state index >= 15 is 0 Å². The van der Waals surface area contributed by atoms with Crippen LogP contribution in [0.2, 0.25) is 0 Å². The summed E-state index contributed by atoms with van der Waals surface area (Å²) >= 11 is 0. The van der Waals surface area contributed by atoms with E-state index in [1.807, 2.05) is 13.0 Å². The van der Waals surface area contributed by atoms with Gasteiger partial charge in [0.05, 0.1) is 22.6 Å². The molecule has 0 aromatic heterocycles. The zero-order chi connectivity index (χ0) is 13.6. The molecular weight excluding hydrogens is 252 g/mol. The summed E-state index contributed by atoms with van der Waals surface area (Å²) in [6.45, 7) is 4.37. The molecule has 5 nitrogen and oxygen atoms in total. The molecule has 1 unspecified atom stereocenters. The normalized spacial score (nSPS) is 12.9. The number of nitrogens with one attached hydrogen (secondary N) is 1. The number of benzene rings is 1. The summed E-state index contributed by atoms with van der Waals surface area (Å²) < 4.78 is 31.6. The van der Waals surface area contributed by atoms with Crippen LogP contribution in [0.1, 0.15) is 19.4 Å². The third kappa shape index (κ3) is 4.11. The van der Waals surface area contributed by atoms with E-state index in [4.69, 9.17) is 10.00 Å².